The van der Waals surface area contributed by atoms with Crippen LogP contribution in [0.15, 0.2) is 23.0 Å². The first kappa shape index (κ1) is 23.8. The van der Waals surface area contributed by atoms with Crippen molar-refractivity contribution < 1.29 is 4.79 Å². The van der Waals surface area contributed by atoms with Crippen LogP contribution in [0.3, 0.4) is 0 Å². The van der Waals surface area contributed by atoms with E-state index >= 15 is 0 Å². The molecular formula is C21H27Cl2N5O2. The van der Waals surface area contributed by atoms with Gasteiger partial charge in [-0.05, 0) is 61.9 Å². The summed E-state index contributed by atoms with van der Waals surface area (Å²) in [7, 11) is 1.78. The highest BCUT2D eigenvalue weighted by atomic mass is 35.5. The summed E-state index contributed by atoms with van der Waals surface area (Å²) in [6.45, 7) is 4.58. The van der Waals surface area contributed by atoms with Crippen LogP contribution in [0.2, 0.25) is 0 Å². The molecule has 3 N–H and O–H groups in total. The largest absolute Gasteiger partial charge is 0.398 e. The smallest absolute Gasteiger partial charge is 0.273 e. The molecule has 0 saturated heterocycles. The maximum atomic E-state index is 13.0. The molecule has 1 aliphatic heterocycles. The van der Waals surface area contributed by atoms with E-state index in [-0.39, 0.29) is 36.3 Å². The lowest BCUT2D eigenvalue weighted by atomic mass is 9.97. The molecule has 1 aromatic carbocycles. The fraction of sp³-hybridized carbons (Fsp3) is 0.381. The van der Waals surface area contributed by atoms with Gasteiger partial charge in [-0.3, -0.25) is 19.4 Å². The highest BCUT2D eigenvalue weighted by molar-refractivity contribution is 5.95. The molecule has 0 saturated carbocycles. The molecule has 0 radical (unpaired) electrons. The number of carbonyl (C=O) groups is 1. The Hall–Kier alpha value is -2.51. The number of aromatic nitrogens is 3. The minimum Gasteiger partial charge on any atom is -0.398 e. The molecule has 2 aromatic heterocycles. The van der Waals surface area contributed by atoms with E-state index < -0.39 is 0 Å². The van der Waals surface area contributed by atoms with Crippen molar-refractivity contribution in [2.24, 2.45) is 7.05 Å². The first-order chi connectivity index (χ1) is 13.4. The maximum Gasteiger partial charge on any atom is 0.273 e. The summed E-state index contributed by atoms with van der Waals surface area (Å²) < 4.78 is 1.64. The van der Waals surface area contributed by atoms with E-state index in [9.17, 15) is 9.59 Å². The SMILES string of the molecule is Cc1nc2c(c(C)c1CCC(=O)N1CCCc3c(N)cccc31)c(=O)[nH]n2C.Cl.Cl. The summed E-state index contributed by atoms with van der Waals surface area (Å²) in [5, 5.41) is 3.36. The average Bonchev–Trinajstić information content (AvgIpc) is 2.94. The maximum absolute atomic E-state index is 13.0. The van der Waals surface area contributed by atoms with Gasteiger partial charge in [0.25, 0.3) is 5.56 Å². The number of fused-ring (bicyclic) bond motifs is 2. The number of pyridine rings is 1. The number of rotatable bonds is 3. The molecule has 3 aromatic rings. The lowest BCUT2D eigenvalue weighted by Gasteiger charge is -2.30. The standard InChI is InChI=1S/C21H25N5O2.2ClH/c1-12-14(13(2)23-20-19(12)21(28)24-25(20)3)9-10-18(27)26-11-5-6-15-16(22)7-4-8-17(15)26;;/h4,7-8H,5-6,9-11,22H2,1-3H3,(H,24,28);2*1H. The molecular weight excluding hydrogens is 425 g/mol. The molecule has 0 bridgehead atoms. The predicted molar refractivity (Wildman–Crippen MR) is 125 cm³/mol. The van der Waals surface area contributed by atoms with E-state index in [4.69, 9.17) is 5.73 Å². The number of anilines is 2. The number of nitrogen functional groups attached to an aromatic ring is 1. The lowest BCUT2D eigenvalue weighted by molar-refractivity contribution is -0.118. The number of nitrogens with one attached hydrogen (secondary N) is 1. The Balaban J connectivity index is 0.00000160. The first-order valence-corrected chi connectivity index (χ1v) is 9.61. The monoisotopic (exact) mass is 451 g/mol. The highest BCUT2D eigenvalue weighted by Crippen LogP contribution is 2.32. The van der Waals surface area contributed by atoms with E-state index in [1.54, 1.807) is 11.7 Å². The Morgan fingerprint density at radius 3 is 2.73 bits per heavy atom. The molecule has 0 aliphatic carbocycles. The minimum atomic E-state index is -0.143. The number of hydrogen-bond acceptors (Lipinski definition) is 4. The molecule has 4 rings (SSSR count). The molecule has 0 spiro atoms. The van der Waals surface area contributed by atoms with Crippen LogP contribution in [0.5, 0.6) is 0 Å². The van der Waals surface area contributed by atoms with Crippen molar-refractivity contribution in [1.29, 1.82) is 0 Å². The topological polar surface area (TPSA) is 97.0 Å². The Labute approximate surface area is 187 Å². The molecule has 3 heterocycles. The third kappa shape index (κ3) is 3.91. The van der Waals surface area contributed by atoms with Crippen molar-refractivity contribution in [2.75, 3.05) is 17.2 Å². The van der Waals surface area contributed by atoms with E-state index in [1.165, 1.54) is 0 Å². The van der Waals surface area contributed by atoms with Crippen molar-refractivity contribution in [3.8, 4) is 0 Å². The zero-order chi connectivity index (χ0) is 20.0. The van der Waals surface area contributed by atoms with Gasteiger partial charge in [-0.1, -0.05) is 6.07 Å². The third-order valence-electron chi connectivity index (χ3n) is 5.75. The van der Waals surface area contributed by atoms with E-state index in [2.05, 4.69) is 10.1 Å². The number of nitrogens with zero attached hydrogens (tertiary/aromatic N) is 3. The van der Waals surface area contributed by atoms with Gasteiger partial charge < -0.3 is 10.6 Å². The van der Waals surface area contributed by atoms with Crippen molar-refractivity contribution in [1.82, 2.24) is 14.8 Å². The summed E-state index contributed by atoms with van der Waals surface area (Å²) >= 11 is 0. The first-order valence-electron chi connectivity index (χ1n) is 9.61. The molecule has 9 heteroatoms. The normalized spacial score (nSPS) is 12.8. The Kier molecular flexibility index (Phi) is 7.21. The second-order valence-corrected chi connectivity index (χ2v) is 7.49. The number of carbonyl (C=O) groups excluding carboxylic acids is 1. The fourth-order valence-electron chi connectivity index (χ4n) is 4.29. The number of aryl methyl sites for hydroxylation is 3. The van der Waals surface area contributed by atoms with Crippen molar-refractivity contribution in [3.05, 3.63) is 50.9 Å². The van der Waals surface area contributed by atoms with Gasteiger partial charge >= 0.3 is 0 Å². The van der Waals surface area contributed by atoms with Crippen molar-refractivity contribution in [3.63, 3.8) is 0 Å². The van der Waals surface area contributed by atoms with Crippen LogP contribution in [0.4, 0.5) is 11.4 Å². The number of nitrogens with two attached hydrogens (primary N) is 1. The van der Waals surface area contributed by atoms with Gasteiger partial charge in [0.1, 0.15) is 0 Å². The van der Waals surface area contributed by atoms with Crippen LogP contribution in [-0.4, -0.2) is 27.2 Å². The number of aromatic amines is 1. The number of hydrogen-bond donors (Lipinski definition) is 2. The molecule has 7 nitrogen and oxygen atoms in total. The van der Waals surface area contributed by atoms with E-state index in [0.717, 1.165) is 46.6 Å². The molecule has 0 atom stereocenters. The molecule has 0 fully saturated rings. The third-order valence-corrected chi connectivity index (χ3v) is 5.75. The molecule has 0 unspecified atom stereocenters. The lowest BCUT2D eigenvalue weighted by Crippen LogP contribution is -2.36. The Bertz CT molecular complexity index is 1150. The predicted octanol–water partition coefficient (Wildman–Crippen LogP) is 3.22. The van der Waals surface area contributed by atoms with Crippen LogP contribution < -0.4 is 16.2 Å². The summed E-state index contributed by atoms with van der Waals surface area (Å²) in [4.78, 5) is 31.7. The average molecular weight is 452 g/mol. The molecule has 1 amide bonds. The molecule has 1 aliphatic rings. The van der Waals surface area contributed by atoms with Gasteiger partial charge in [0, 0.05) is 37.1 Å². The number of halogens is 2. The summed E-state index contributed by atoms with van der Waals surface area (Å²) in [5.41, 5.74) is 12.1. The van der Waals surface area contributed by atoms with Gasteiger partial charge in [0.05, 0.1) is 5.39 Å². The Morgan fingerprint density at radius 2 is 2.00 bits per heavy atom. The Morgan fingerprint density at radius 1 is 1.27 bits per heavy atom. The number of H-pyrrole nitrogens is 1. The zero-order valence-electron chi connectivity index (χ0n) is 17.3. The van der Waals surface area contributed by atoms with Crippen LogP contribution in [0.25, 0.3) is 11.0 Å². The van der Waals surface area contributed by atoms with Crippen molar-refractivity contribution in [2.45, 2.75) is 39.5 Å². The van der Waals surface area contributed by atoms with Gasteiger partial charge in [-0.2, -0.15) is 0 Å². The van der Waals surface area contributed by atoms with Crippen LogP contribution in [0.1, 0.15) is 35.2 Å². The van der Waals surface area contributed by atoms with Crippen LogP contribution in [-0.2, 0) is 24.7 Å². The van der Waals surface area contributed by atoms with Gasteiger partial charge in [0.2, 0.25) is 5.91 Å². The molecule has 162 valence electrons. The second kappa shape index (κ2) is 9.10. The van der Waals surface area contributed by atoms with Gasteiger partial charge in [-0.25, -0.2) is 4.98 Å². The summed E-state index contributed by atoms with van der Waals surface area (Å²) in [6, 6.07) is 5.75. The van der Waals surface area contributed by atoms with Crippen LogP contribution >= 0.6 is 24.8 Å². The molecule has 30 heavy (non-hydrogen) atoms. The van der Waals surface area contributed by atoms with Gasteiger partial charge in [-0.15, -0.1) is 24.8 Å². The van der Waals surface area contributed by atoms with Gasteiger partial charge in [0.15, 0.2) is 5.65 Å². The summed E-state index contributed by atoms with van der Waals surface area (Å²) in [6.07, 6.45) is 2.75. The quantitative estimate of drug-likeness (QED) is 0.597. The fourth-order valence-corrected chi connectivity index (χ4v) is 4.29. The summed E-state index contributed by atoms with van der Waals surface area (Å²) in [5.74, 6) is 0.0763. The van der Waals surface area contributed by atoms with Crippen molar-refractivity contribution >= 4 is 53.1 Å². The second-order valence-electron chi connectivity index (χ2n) is 7.49. The van der Waals surface area contributed by atoms with Crippen LogP contribution in [0, 0.1) is 13.8 Å². The van der Waals surface area contributed by atoms with E-state index in [0.29, 0.717) is 30.4 Å². The number of benzene rings is 1. The van der Waals surface area contributed by atoms with E-state index in [1.807, 2.05) is 36.9 Å². The minimum absolute atomic E-state index is 0. The number of amides is 1. The zero-order valence-corrected chi connectivity index (χ0v) is 19.0. The highest BCUT2D eigenvalue weighted by Gasteiger charge is 2.24.